The highest BCUT2D eigenvalue weighted by molar-refractivity contribution is 7.89. The number of nitrogens with zero attached hydrogens (tertiary/aromatic N) is 3. The second kappa shape index (κ2) is 10.3. The Morgan fingerprint density at radius 2 is 1.65 bits per heavy atom. The quantitative estimate of drug-likeness (QED) is 0.625. The molecule has 1 saturated heterocycles. The van der Waals surface area contributed by atoms with Gasteiger partial charge < -0.3 is 14.5 Å². The third kappa shape index (κ3) is 5.44. The zero-order chi connectivity index (χ0) is 22.4. The van der Waals surface area contributed by atoms with E-state index in [0.29, 0.717) is 18.8 Å². The van der Waals surface area contributed by atoms with Gasteiger partial charge in [0.2, 0.25) is 15.9 Å². The second-order valence-electron chi connectivity index (χ2n) is 7.64. The zero-order valence-electron chi connectivity index (χ0n) is 18.4. The molecule has 1 fully saturated rings. The number of piperazine rings is 1. The maximum absolute atomic E-state index is 13.3. The monoisotopic (exact) mass is 445 g/mol. The average molecular weight is 446 g/mol. The minimum absolute atomic E-state index is 0.0355. The number of ether oxygens (including phenoxy) is 1. The van der Waals surface area contributed by atoms with Gasteiger partial charge in [-0.1, -0.05) is 37.3 Å². The third-order valence-electron chi connectivity index (χ3n) is 5.90. The first-order chi connectivity index (χ1) is 14.9. The number of methoxy groups -OCH3 is 1. The van der Waals surface area contributed by atoms with Crippen LogP contribution in [0.15, 0.2) is 59.5 Å². The fourth-order valence-corrected chi connectivity index (χ4v) is 5.18. The molecule has 1 heterocycles. The fourth-order valence-electron chi connectivity index (χ4n) is 3.82. The number of hydrogen-bond acceptors (Lipinski definition) is 5. The van der Waals surface area contributed by atoms with Crippen LogP contribution in [0.1, 0.15) is 24.9 Å². The average Bonchev–Trinajstić information content (AvgIpc) is 2.82. The number of carbonyl (C=O) groups excluding carboxylic acids is 1. The first-order valence-electron chi connectivity index (χ1n) is 10.5. The van der Waals surface area contributed by atoms with Crippen molar-refractivity contribution in [3.63, 3.8) is 0 Å². The number of rotatable bonds is 8. The molecule has 0 aromatic heterocycles. The fraction of sp³-hybridized carbons (Fsp3) is 0.435. The Kier molecular flexibility index (Phi) is 7.69. The molecule has 8 heteroatoms. The van der Waals surface area contributed by atoms with Crippen molar-refractivity contribution in [2.75, 3.05) is 46.9 Å². The van der Waals surface area contributed by atoms with E-state index in [1.165, 1.54) is 4.31 Å². The number of hydrogen-bond donors (Lipinski definition) is 0. The van der Waals surface area contributed by atoms with Gasteiger partial charge in [0.1, 0.15) is 5.75 Å². The van der Waals surface area contributed by atoms with Crippen LogP contribution in [-0.4, -0.2) is 75.3 Å². The molecule has 0 radical (unpaired) electrons. The van der Waals surface area contributed by atoms with E-state index in [-0.39, 0.29) is 17.2 Å². The SMILES string of the molecule is CCN1CCN(C(=O)C[C@@H](c2ccc(OC)cc2)N(C)S(=O)(=O)c2ccccc2)CC1. The molecule has 2 aromatic carbocycles. The summed E-state index contributed by atoms with van der Waals surface area (Å²) in [6, 6.07) is 14.9. The largest absolute Gasteiger partial charge is 0.497 e. The van der Waals surface area contributed by atoms with E-state index < -0.39 is 16.1 Å². The van der Waals surface area contributed by atoms with E-state index >= 15 is 0 Å². The van der Waals surface area contributed by atoms with Crippen LogP contribution >= 0.6 is 0 Å². The summed E-state index contributed by atoms with van der Waals surface area (Å²) >= 11 is 0. The summed E-state index contributed by atoms with van der Waals surface area (Å²) in [5.74, 6) is 0.643. The van der Waals surface area contributed by atoms with Gasteiger partial charge in [0.05, 0.1) is 18.0 Å². The third-order valence-corrected chi connectivity index (χ3v) is 7.78. The van der Waals surface area contributed by atoms with Crippen LogP contribution in [-0.2, 0) is 14.8 Å². The first kappa shape index (κ1) is 23.2. The van der Waals surface area contributed by atoms with Crippen molar-refractivity contribution in [3.8, 4) is 5.75 Å². The predicted octanol–water partition coefficient (Wildman–Crippen LogP) is 2.61. The lowest BCUT2D eigenvalue weighted by Gasteiger charge is -2.36. The Bertz CT molecular complexity index is 956. The van der Waals surface area contributed by atoms with E-state index in [0.717, 1.165) is 25.2 Å². The van der Waals surface area contributed by atoms with E-state index in [2.05, 4.69) is 11.8 Å². The number of sulfonamides is 1. The lowest BCUT2D eigenvalue weighted by molar-refractivity contribution is -0.133. The molecular formula is C23H31N3O4S. The molecule has 1 atom stereocenters. The van der Waals surface area contributed by atoms with Gasteiger partial charge in [0.15, 0.2) is 0 Å². The summed E-state index contributed by atoms with van der Waals surface area (Å²) in [6.45, 7) is 6.09. The molecule has 1 aliphatic rings. The zero-order valence-corrected chi connectivity index (χ0v) is 19.2. The smallest absolute Gasteiger partial charge is 0.243 e. The Morgan fingerprint density at radius 3 is 2.19 bits per heavy atom. The van der Waals surface area contributed by atoms with Crippen molar-refractivity contribution in [3.05, 3.63) is 60.2 Å². The Hall–Kier alpha value is -2.42. The number of likely N-dealkylation sites (N-methyl/N-ethyl adjacent to an activating group) is 1. The molecule has 1 amide bonds. The van der Waals surface area contributed by atoms with Crippen molar-refractivity contribution in [2.24, 2.45) is 0 Å². The summed E-state index contributed by atoms with van der Waals surface area (Å²) < 4.78 is 33.1. The van der Waals surface area contributed by atoms with Crippen LogP contribution in [0.3, 0.4) is 0 Å². The Labute approximate surface area is 185 Å². The van der Waals surface area contributed by atoms with Crippen molar-refractivity contribution in [2.45, 2.75) is 24.3 Å². The van der Waals surface area contributed by atoms with Gasteiger partial charge in [0, 0.05) is 39.6 Å². The van der Waals surface area contributed by atoms with Crippen molar-refractivity contribution in [1.29, 1.82) is 0 Å². The number of benzene rings is 2. The minimum atomic E-state index is -3.77. The van der Waals surface area contributed by atoms with Crippen molar-refractivity contribution in [1.82, 2.24) is 14.1 Å². The first-order valence-corrected chi connectivity index (χ1v) is 12.0. The predicted molar refractivity (Wildman–Crippen MR) is 120 cm³/mol. The van der Waals surface area contributed by atoms with Gasteiger partial charge in [-0.25, -0.2) is 8.42 Å². The maximum Gasteiger partial charge on any atom is 0.243 e. The van der Waals surface area contributed by atoms with E-state index in [9.17, 15) is 13.2 Å². The van der Waals surface area contributed by atoms with Crippen LogP contribution in [0.25, 0.3) is 0 Å². The van der Waals surface area contributed by atoms with Gasteiger partial charge >= 0.3 is 0 Å². The molecule has 0 N–H and O–H groups in total. The standard InChI is InChI=1S/C23H31N3O4S/c1-4-25-14-16-26(17-15-25)23(27)18-22(19-10-12-20(30-3)13-11-19)24(2)31(28,29)21-8-6-5-7-9-21/h5-13,22H,4,14-18H2,1-3H3/t22-/m0/s1. The molecular weight excluding hydrogens is 414 g/mol. The lowest BCUT2D eigenvalue weighted by Crippen LogP contribution is -2.49. The number of carbonyl (C=O) groups is 1. The molecule has 1 aliphatic heterocycles. The maximum atomic E-state index is 13.3. The van der Waals surface area contributed by atoms with Gasteiger partial charge in [-0.15, -0.1) is 0 Å². The van der Waals surface area contributed by atoms with Crippen LogP contribution in [0.2, 0.25) is 0 Å². The molecule has 0 aliphatic carbocycles. The highest BCUT2D eigenvalue weighted by atomic mass is 32.2. The molecule has 0 unspecified atom stereocenters. The summed E-state index contributed by atoms with van der Waals surface area (Å²) in [5, 5.41) is 0. The summed E-state index contributed by atoms with van der Waals surface area (Å²) in [7, 11) is -0.645. The minimum Gasteiger partial charge on any atom is -0.497 e. The topological polar surface area (TPSA) is 70.2 Å². The van der Waals surface area contributed by atoms with Crippen LogP contribution < -0.4 is 4.74 Å². The van der Waals surface area contributed by atoms with Crippen LogP contribution in [0, 0.1) is 0 Å². The van der Waals surface area contributed by atoms with Crippen LogP contribution in [0.5, 0.6) is 5.75 Å². The van der Waals surface area contributed by atoms with Gasteiger partial charge in [-0.2, -0.15) is 4.31 Å². The highest BCUT2D eigenvalue weighted by Gasteiger charge is 2.32. The normalized spacial score (nSPS) is 16.3. The van der Waals surface area contributed by atoms with Crippen LogP contribution in [0.4, 0.5) is 0 Å². The highest BCUT2D eigenvalue weighted by Crippen LogP contribution is 2.30. The lowest BCUT2D eigenvalue weighted by atomic mass is 10.0. The summed E-state index contributed by atoms with van der Waals surface area (Å²) in [5.41, 5.74) is 0.753. The van der Waals surface area contributed by atoms with E-state index in [1.807, 2.05) is 17.0 Å². The summed E-state index contributed by atoms with van der Waals surface area (Å²) in [4.78, 5) is 17.5. The summed E-state index contributed by atoms with van der Waals surface area (Å²) in [6.07, 6.45) is 0.0843. The number of amides is 1. The molecule has 0 spiro atoms. The van der Waals surface area contributed by atoms with Crippen molar-refractivity contribution < 1.29 is 17.9 Å². The van der Waals surface area contributed by atoms with Gasteiger partial charge in [-0.3, -0.25) is 4.79 Å². The molecule has 2 aromatic rings. The molecule has 168 valence electrons. The van der Waals surface area contributed by atoms with Gasteiger partial charge in [-0.05, 0) is 36.4 Å². The molecule has 0 saturated carbocycles. The molecule has 31 heavy (non-hydrogen) atoms. The second-order valence-corrected chi connectivity index (χ2v) is 9.64. The van der Waals surface area contributed by atoms with E-state index in [4.69, 9.17) is 4.74 Å². The van der Waals surface area contributed by atoms with Gasteiger partial charge in [0.25, 0.3) is 0 Å². The molecule has 3 rings (SSSR count). The van der Waals surface area contributed by atoms with Crippen molar-refractivity contribution >= 4 is 15.9 Å². The molecule has 7 nitrogen and oxygen atoms in total. The Balaban J connectivity index is 1.87. The van der Waals surface area contributed by atoms with E-state index in [1.54, 1.807) is 56.6 Å². The molecule has 0 bridgehead atoms. The Morgan fingerprint density at radius 1 is 1.03 bits per heavy atom.